The van der Waals surface area contributed by atoms with Gasteiger partial charge >= 0.3 is 0 Å². The summed E-state index contributed by atoms with van der Waals surface area (Å²) in [5.74, 6) is 0.540. The summed E-state index contributed by atoms with van der Waals surface area (Å²) in [4.78, 5) is 1.78. The molecule has 7 nitrogen and oxygen atoms in total. The van der Waals surface area contributed by atoms with Crippen LogP contribution in [0.1, 0.15) is 5.82 Å². The van der Waals surface area contributed by atoms with Crippen molar-refractivity contribution < 1.29 is 10.2 Å². The normalized spacial score (nSPS) is 11.2. The van der Waals surface area contributed by atoms with Crippen LogP contribution in [-0.4, -0.2) is 61.6 Å². The Morgan fingerprint density at radius 2 is 1.81 bits per heavy atom. The van der Waals surface area contributed by atoms with E-state index in [4.69, 9.17) is 21.8 Å². The zero-order valence-electron chi connectivity index (χ0n) is 11.3. The number of benzene rings is 1. The van der Waals surface area contributed by atoms with E-state index < -0.39 is 0 Å². The van der Waals surface area contributed by atoms with E-state index in [1.54, 1.807) is 34.0 Å². The van der Waals surface area contributed by atoms with Gasteiger partial charge in [0, 0.05) is 30.4 Å². The van der Waals surface area contributed by atoms with Crippen LogP contribution < -0.4 is 0 Å². The highest BCUT2D eigenvalue weighted by atomic mass is 35.5. The lowest BCUT2D eigenvalue weighted by Crippen LogP contribution is -2.24. The molecule has 1 aromatic carbocycles. The van der Waals surface area contributed by atoms with Crippen molar-refractivity contribution in [3.05, 3.63) is 41.3 Å². The zero-order valence-corrected chi connectivity index (χ0v) is 12.1. The van der Waals surface area contributed by atoms with E-state index in [9.17, 15) is 0 Å². The fraction of sp³-hybridized carbons (Fsp3) is 0.308. The highest BCUT2D eigenvalue weighted by molar-refractivity contribution is 6.30. The minimum Gasteiger partial charge on any atom is -0.395 e. The van der Waals surface area contributed by atoms with Crippen LogP contribution in [0.3, 0.4) is 0 Å². The molecule has 0 saturated carbocycles. The highest BCUT2D eigenvalue weighted by Gasteiger charge is 2.06. The molecule has 1 aromatic heterocycles. The standard InChI is InChI=1S/C13H16ClN5O2/c14-11-1-3-12(4-2-11)19-13(15-16-17-19)5-6-18(7-9-20)8-10-21/h1-6,20-21H,7-10H2. The molecule has 112 valence electrons. The van der Waals surface area contributed by atoms with Crippen molar-refractivity contribution in [1.82, 2.24) is 25.1 Å². The third-order valence-corrected chi connectivity index (χ3v) is 3.03. The third kappa shape index (κ3) is 4.25. The van der Waals surface area contributed by atoms with Crippen LogP contribution in [0.15, 0.2) is 30.5 Å². The molecule has 0 amide bonds. The summed E-state index contributed by atoms with van der Waals surface area (Å²) < 4.78 is 1.57. The molecule has 2 N–H and O–H groups in total. The largest absolute Gasteiger partial charge is 0.395 e. The van der Waals surface area contributed by atoms with Crippen molar-refractivity contribution in [2.75, 3.05) is 26.3 Å². The van der Waals surface area contributed by atoms with E-state index in [-0.39, 0.29) is 13.2 Å². The average Bonchev–Trinajstić information content (AvgIpc) is 2.94. The summed E-state index contributed by atoms with van der Waals surface area (Å²) in [6.07, 6.45) is 3.46. The van der Waals surface area contributed by atoms with Gasteiger partial charge in [-0.15, -0.1) is 5.10 Å². The highest BCUT2D eigenvalue weighted by Crippen LogP contribution is 2.14. The Kier molecular flexibility index (Phi) is 5.68. The van der Waals surface area contributed by atoms with Crippen molar-refractivity contribution in [3.63, 3.8) is 0 Å². The van der Waals surface area contributed by atoms with Crippen LogP contribution >= 0.6 is 11.6 Å². The SMILES string of the molecule is OCCN(C=Cc1nnnn1-c1ccc(Cl)cc1)CCO. The number of nitrogens with zero attached hydrogens (tertiary/aromatic N) is 5. The Labute approximate surface area is 127 Å². The molecule has 21 heavy (non-hydrogen) atoms. The van der Waals surface area contributed by atoms with E-state index in [2.05, 4.69) is 15.5 Å². The number of tetrazole rings is 1. The maximum atomic E-state index is 8.96. The van der Waals surface area contributed by atoms with Gasteiger partial charge in [-0.3, -0.25) is 0 Å². The maximum absolute atomic E-state index is 8.96. The van der Waals surface area contributed by atoms with Crippen LogP contribution in [0.5, 0.6) is 0 Å². The Morgan fingerprint density at radius 3 is 2.43 bits per heavy atom. The second-order valence-electron chi connectivity index (χ2n) is 4.22. The monoisotopic (exact) mass is 309 g/mol. The topological polar surface area (TPSA) is 87.3 Å². The molecule has 2 rings (SSSR count). The van der Waals surface area contributed by atoms with Gasteiger partial charge in [-0.05, 0) is 34.7 Å². The van der Waals surface area contributed by atoms with Crippen molar-refractivity contribution in [3.8, 4) is 5.69 Å². The van der Waals surface area contributed by atoms with Crippen molar-refractivity contribution in [2.24, 2.45) is 0 Å². The number of aliphatic hydroxyl groups is 2. The van der Waals surface area contributed by atoms with E-state index in [0.717, 1.165) is 5.69 Å². The van der Waals surface area contributed by atoms with Gasteiger partial charge < -0.3 is 15.1 Å². The molecule has 0 fully saturated rings. The summed E-state index contributed by atoms with van der Waals surface area (Å²) in [5, 5.41) is 30.1. The van der Waals surface area contributed by atoms with Gasteiger partial charge in [0.25, 0.3) is 0 Å². The Hall–Kier alpha value is -1.96. The minimum atomic E-state index is 0.00641. The van der Waals surface area contributed by atoms with Gasteiger partial charge in [0.1, 0.15) is 0 Å². The van der Waals surface area contributed by atoms with Crippen LogP contribution in [0.2, 0.25) is 5.02 Å². The van der Waals surface area contributed by atoms with Gasteiger partial charge in [-0.2, -0.15) is 4.68 Å². The molecule has 0 spiro atoms. The lowest BCUT2D eigenvalue weighted by molar-refractivity contribution is 0.199. The molecule has 0 bridgehead atoms. The molecule has 0 radical (unpaired) electrons. The molecule has 8 heteroatoms. The molecule has 0 saturated heterocycles. The molecule has 0 unspecified atom stereocenters. The number of halogens is 1. The van der Waals surface area contributed by atoms with Crippen LogP contribution in [0.25, 0.3) is 11.8 Å². The van der Waals surface area contributed by atoms with Gasteiger partial charge in [0.05, 0.1) is 18.9 Å². The molecule has 0 aliphatic heterocycles. The van der Waals surface area contributed by atoms with E-state index in [1.165, 1.54) is 0 Å². The minimum absolute atomic E-state index is 0.00641. The van der Waals surface area contributed by atoms with Crippen molar-refractivity contribution in [1.29, 1.82) is 0 Å². The van der Waals surface area contributed by atoms with E-state index >= 15 is 0 Å². The quantitative estimate of drug-likeness (QED) is 0.777. The summed E-state index contributed by atoms with van der Waals surface area (Å²) in [7, 11) is 0. The number of hydrogen-bond acceptors (Lipinski definition) is 6. The molecular formula is C13H16ClN5O2. The lowest BCUT2D eigenvalue weighted by Gasteiger charge is -2.17. The van der Waals surface area contributed by atoms with E-state index in [1.807, 2.05) is 12.1 Å². The fourth-order valence-electron chi connectivity index (χ4n) is 1.75. The molecule has 0 aliphatic carbocycles. The van der Waals surface area contributed by atoms with Crippen LogP contribution in [0.4, 0.5) is 0 Å². The van der Waals surface area contributed by atoms with Crippen molar-refractivity contribution in [2.45, 2.75) is 0 Å². The molecule has 0 atom stereocenters. The first kappa shape index (κ1) is 15.4. The number of rotatable bonds is 7. The number of hydrogen-bond donors (Lipinski definition) is 2. The zero-order chi connectivity index (χ0) is 15.1. The first-order valence-corrected chi connectivity index (χ1v) is 6.80. The summed E-state index contributed by atoms with van der Waals surface area (Å²) in [6.45, 7) is 0.873. The van der Waals surface area contributed by atoms with Gasteiger partial charge in [-0.1, -0.05) is 11.6 Å². The predicted octanol–water partition coefficient (Wildman–Crippen LogP) is 0.573. The number of aliphatic hydroxyl groups excluding tert-OH is 2. The van der Waals surface area contributed by atoms with Gasteiger partial charge in [-0.25, -0.2) is 0 Å². The van der Waals surface area contributed by atoms with Gasteiger partial charge in [0.2, 0.25) is 0 Å². The first-order chi connectivity index (χ1) is 10.2. The summed E-state index contributed by atoms with van der Waals surface area (Å²) in [5.41, 5.74) is 0.792. The fourth-order valence-corrected chi connectivity index (χ4v) is 1.88. The van der Waals surface area contributed by atoms with Crippen LogP contribution in [-0.2, 0) is 0 Å². The second kappa shape index (κ2) is 7.72. The lowest BCUT2D eigenvalue weighted by atomic mass is 10.3. The maximum Gasteiger partial charge on any atom is 0.181 e. The first-order valence-electron chi connectivity index (χ1n) is 6.43. The molecular weight excluding hydrogens is 294 g/mol. The Morgan fingerprint density at radius 1 is 1.14 bits per heavy atom. The molecule has 0 aliphatic rings. The van der Waals surface area contributed by atoms with E-state index in [0.29, 0.717) is 23.9 Å². The summed E-state index contributed by atoms with van der Waals surface area (Å²) in [6, 6.07) is 7.15. The molecule has 2 aromatic rings. The third-order valence-electron chi connectivity index (χ3n) is 2.77. The average molecular weight is 310 g/mol. The van der Waals surface area contributed by atoms with Crippen LogP contribution in [0, 0.1) is 0 Å². The van der Waals surface area contributed by atoms with Gasteiger partial charge in [0.15, 0.2) is 5.82 Å². The molecule has 1 heterocycles. The smallest absolute Gasteiger partial charge is 0.181 e. The second-order valence-corrected chi connectivity index (χ2v) is 4.66. The van der Waals surface area contributed by atoms with Crippen molar-refractivity contribution >= 4 is 17.7 Å². The Bertz CT molecular complexity index is 579. The predicted molar refractivity (Wildman–Crippen MR) is 78.9 cm³/mol. The summed E-state index contributed by atoms with van der Waals surface area (Å²) >= 11 is 5.86. The number of aromatic nitrogens is 4. The Balaban J connectivity index is 2.18.